The quantitative estimate of drug-likeness (QED) is 0.0815. The zero-order chi connectivity index (χ0) is 23.5. The molecule has 0 heterocycles. The molecule has 1 aliphatic rings. The normalized spacial score (nSPS) is 31.3. The van der Waals surface area contributed by atoms with E-state index in [9.17, 15) is 58.4 Å². The maximum atomic E-state index is 12.4. The zero-order valence-electron chi connectivity index (χ0n) is 13.3. The summed E-state index contributed by atoms with van der Waals surface area (Å²) >= 11 is 0. The summed E-state index contributed by atoms with van der Waals surface area (Å²) < 4.78 is 135. The van der Waals surface area contributed by atoms with Crippen molar-refractivity contribution in [1.29, 1.82) is 0 Å². The third kappa shape index (κ3) is 9.23. The summed E-state index contributed by atoms with van der Waals surface area (Å²) in [6.45, 7) is 0. The molecule has 24 heteroatoms. The van der Waals surface area contributed by atoms with Gasteiger partial charge in [0.2, 0.25) is 31.2 Å². The maximum absolute atomic E-state index is 12.4. The van der Waals surface area contributed by atoms with Crippen LogP contribution in [0.4, 0.5) is 0 Å². The molecule has 30 heavy (non-hydrogen) atoms. The number of hydrogen-bond acceptors (Lipinski definition) is 19. The van der Waals surface area contributed by atoms with Crippen LogP contribution in [0, 0.1) is 0 Å². The third-order valence-electron chi connectivity index (χ3n) is 3.01. The summed E-state index contributed by atoms with van der Waals surface area (Å²) in [5.74, 6) is 0. The Kier molecular flexibility index (Phi) is 10.0. The van der Waals surface area contributed by atoms with Crippen molar-refractivity contribution in [2.24, 2.45) is 0 Å². The lowest BCUT2D eigenvalue weighted by Crippen LogP contribution is -2.70. The summed E-state index contributed by atoms with van der Waals surface area (Å²) in [4.78, 5) is 3.79. The molecule has 0 aliphatic heterocycles. The van der Waals surface area contributed by atoms with Crippen molar-refractivity contribution in [2.75, 3.05) is 0 Å². The SMILES string of the molecule is O=S(=O)([O-])O[C@@H]1[C@H](OS(=O)(=O)[O-])[C@H](OO[O-])[C@@H]([O-])[C@H](OS(=O)(=O)[O-])[C@H]1OP=S([O-])[O-]. The van der Waals surface area contributed by atoms with Crippen LogP contribution in [-0.2, 0) is 68.8 Å². The maximum Gasteiger partial charge on any atom is 0.218 e. The minimum atomic E-state index is -5.93. The summed E-state index contributed by atoms with van der Waals surface area (Å²) in [6, 6.07) is 0. The molecule has 180 valence electrons. The molecule has 1 rings (SSSR count). The molecule has 0 saturated heterocycles. The highest BCUT2D eigenvalue weighted by Crippen LogP contribution is 2.34. The van der Waals surface area contributed by atoms with E-state index < -0.39 is 86.0 Å². The highest BCUT2D eigenvalue weighted by atomic mass is 32.5. The van der Waals surface area contributed by atoms with Gasteiger partial charge in [-0.2, -0.15) is 0 Å². The van der Waals surface area contributed by atoms with Gasteiger partial charge in [-0.3, -0.25) is 17.6 Å². The fraction of sp³-hybridized carbons (Fsp3) is 1.00. The zero-order valence-corrected chi connectivity index (χ0v) is 17.5. The van der Waals surface area contributed by atoms with E-state index in [1.807, 2.05) is 0 Å². The molecule has 0 aromatic carbocycles. The van der Waals surface area contributed by atoms with E-state index in [0.29, 0.717) is 0 Å². The Bertz CT molecular complexity index is 920. The first-order valence-corrected chi connectivity index (χ1v) is 12.9. The fourth-order valence-electron chi connectivity index (χ4n) is 2.22. The highest BCUT2D eigenvalue weighted by molar-refractivity contribution is 8.12. The van der Waals surface area contributed by atoms with Crippen molar-refractivity contribution in [1.82, 2.24) is 0 Å². The van der Waals surface area contributed by atoms with Gasteiger partial charge in [-0.1, -0.05) is 6.10 Å². The number of rotatable bonds is 10. The Morgan fingerprint density at radius 3 is 1.47 bits per heavy atom. The lowest BCUT2D eigenvalue weighted by molar-refractivity contribution is -0.810. The molecule has 0 bridgehead atoms. The molecule has 0 unspecified atom stereocenters. The van der Waals surface area contributed by atoms with E-state index in [4.69, 9.17) is 0 Å². The molecule has 0 radical (unpaired) electrons. The van der Waals surface area contributed by atoms with Crippen molar-refractivity contribution in [3.8, 4) is 0 Å². The van der Waals surface area contributed by atoms with Gasteiger partial charge < -0.3 is 48.3 Å². The van der Waals surface area contributed by atoms with E-state index in [2.05, 4.69) is 27.0 Å². The van der Waals surface area contributed by atoms with E-state index in [0.717, 1.165) is 0 Å². The molecule has 1 aliphatic carbocycles. The van der Waals surface area contributed by atoms with Gasteiger partial charge in [-0.15, -0.1) is 0 Å². The van der Waals surface area contributed by atoms with Crippen molar-refractivity contribution in [3.05, 3.63) is 0 Å². The predicted molar refractivity (Wildman–Crippen MR) is 74.2 cm³/mol. The van der Waals surface area contributed by atoms with Crippen molar-refractivity contribution in [3.63, 3.8) is 0 Å². The van der Waals surface area contributed by atoms with Gasteiger partial charge >= 0.3 is 0 Å². The minimum absolute atomic E-state index is 1.21. The van der Waals surface area contributed by atoms with Crippen LogP contribution in [0.2, 0.25) is 0 Å². The Morgan fingerprint density at radius 1 is 0.700 bits per heavy atom. The molecule has 0 aromatic rings. The average Bonchev–Trinajstić information content (AvgIpc) is 2.51. The lowest BCUT2D eigenvalue weighted by Gasteiger charge is -2.51. The lowest BCUT2D eigenvalue weighted by atomic mass is 9.85. The van der Waals surface area contributed by atoms with E-state index >= 15 is 0 Å². The second-order valence-electron chi connectivity index (χ2n) is 4.86. The van der Waals surface area contributed by atoms with Crippen LogP contribution in [0.15, 0.2) is 0 Å². The van der Waals surface area contributed by atoms with E-state index in [1.54, 1.807) is 0 Å². The van der Waals surface area contributed by atoms with Gasteiger partial charge in [0.1, 0.15) is 24.4 Å². The first-order chi connectivity index (χ1) is 13.4. The molecule has 1 fully saturated rings. The van der Waals surface area contributed by atoms with Gasteiger partial charge in [0.15, 0.2) is 0 Å². The fourth-order valence-corrected chi connectivity index (χ4v) is 4.61. The van der Waals surface area contributed by atoms with Crippen LogP contribution in [-0.4, -0.2) is 84.6 Å². The largest absolute Gasteiger partial charge is 0.848 e. The van der Waals surface area contributed by atoms with Crippen LogP contribution < -0.4 is 10.4 Å². The van der Waals surface area contributed by atoms with Crippen LogP contribution in [0.25, 0.3) is 0 Å². The van der Waals surface area contributed by atoms with Gasteiger partial charge in [0.25, 0.3) is 0 Å². The Balaban J connectivity index is 3.66. The second kappa shape index (κ2) is 10.7. The minimum Gasteiger partial charge on any atom is -0.848 e. The van der Waals surface area contributed by atoms with Gasteiger partial charge in [-0.25, -0.2) is 30.1 Å². The standard InChI is InChI=1S/C6H10O19PS4/c7-1-2(20-25-8)5(23-29(14,15)16)6(24-30(17,18)19)4(21-26-27(9)10)3(1)22-28(11,12)13/h1-6H,(H4-2,8,9,10,11,12,13,14,15,16,17,18,19)/q-3/p-4/t1-,2-,3+,4-,5-,6+/m1/s1. The van der Waals surface area contributed by atoms with E-state index in [1.165, 1.54) is 0 Å². The van der Waals surface area contributed by atoms with Gasteiger partial charge in [-0.05, 0) is 0 Å². The van der Waals surface area contributed by atoms with Crippen LogP contribution >= 0.6 is 7.58 Å². The molecule has 0 spiro atoms. The highest BCUT2D eigenvalue weighted by Gasteiger charge is 2.53. The molecule has 19 nitrogen and oxygen atoms in total. The first-order valence-electron chi connectivity index (χ1n) is 6.45. The molecular formula is C6H6O19PS4-7. The predicted octanol–water partition coefficient (Wildman–Crippen LogP) is -6.10. The molecule has 1 saturated carbocycles. The summed E-state index contributed by atoms with van der Waals surface area (Å²) in [5, 5.41) is 25.5. The summed E-state index contributed by atoms with van der Waals surface area (Å²) in [5.41, 5.74) is 0. The Morgan fingerprint density at radius 2 is 1.10 bits per heavy atom. The van der Waals surface area contributed by atoms with E-state index in [-0.39, 0.29) is 0 Å². The van der Waals surface area contributed by atoms with Crippen molar-refractivity contribution >= 4 is 49.4 Å². The van der Waals surface area contributed by atoms with Crippen LogP contribution in [0.1, 0.15) is 0 Å². The Hall–Kier alpha value is -0.0200. The molecule has 0 N–H and O–H groups in total. The molecular weight excluding hydrogens is 535 g/mol. The average molecular weight is 541 g/mol. The molecule has 0 amide bonds. The van der Waals surface area contributed by atoms with Crippen molar-refractivity contribution in [2.45, 2.75) is 36.6 Å². The summed E-state index contributed by atoms with van der Waals surface area (Å²) in [7, 11) is -22.1. The van der Waals surface area contributed by atoms with Crippen LogP contribution in [0.3, 0.4) is 0 Å². The van der Waals surface area contributed by atoms with Crippen LogP contribution in [0.5, 0.6) is 0 Å². The first kappa shape index (κ1) is 28.0. The monoisotopic (exact) mass is 541 g/mol. The topological polar surface area (TPSA) is 319 Å². The third-order valence-corrected chi connectivity index (χ3v) is 5.45. The smallest absolute Gasteiger partial charge is 0.218 e. The molecule has 6 atom stereocenters. The van der Waals surface area contributed by atoms with Gasteiger partial charge in [0.05, 0.1) is 13.7 Å². The number of hydrogen-bond donors (Lipinski definition) is 0. The molecule has 0 aromatic heterocycles. The second-order valence-corrected chi connectivity index (χ2v) is 10.0. The summed E-state index contributed by atoms with van der Waals surface area (Å²) in [6.07, 6.45) is -17.0. The Labute approximate surface area is 171 Å². The van der Waals surface area contributed by atoms with Crippen molar-refractivity contribution < 1.29 is 85.4 Å². The van der Waals surface area contributed by atoms with Gasteiger partial charge in [0, 0.05) is 0 Å².